The normalized spacial score (nSPS) is 11.5. The predicted octanol–water partition coefficient (Wildman–Crippen LogP) is 3.94. The molecule has 1 rings (SSSR count). The van der Waals surface area contributed by atoms with Crippen molar-refractivity contribution >= 4 is 33.5 Å². The van der Waals surface area contributed by atoms with Gasteiger partial charge in [-0.15, -0.1) is 11.8 Å². The first-order valence-electron chi connectivity index (χ1n) is 5.22. The van der Waals surface area contributed by atoms with Crippen LogP contribution in [0.4, 0.5) is 0 Å². The maximum Gasteiger partial charge on any atom is 0.148 e. The number of rotatable bonds is 5. The van der Waals surface area contributed by atoms with E-state index in [0.29, 0.717) is 11.5 Å². The van der Waals surface area contributed by atoms with Crippen LogP contribution in [0.3, 0.4) is 0 Å². The molecule has 16 heavy (non-hydrogen) atoms. The van der Waals surface area contributed by atoms with Gasteiger partial charge in [0.2, 0.25) is 0 Å². The summed E-state index contributed by atoms with van der Waals surface area (Å²) in [5.41, 5.74) is -0.216. The Kier molecular flexibility index (Phi) is 4.99. The molecular formula is C12H16BrNOS. The van der Waals surface area contributed by atoms with E-state index in [9.17, 15) is 4.79 Å². The highest BCUT2D eigenvalue weighted by atomic mass is 79.9. The van der Waals surface area contributed by atoms with Gasteiger partial charge in [-0.05, 0) is 28.4 Å². The molecule has 1 aromatic rings. The highest BCUT2D eigenvalue weighted by Gasteiger charge is 2.24. The second-order valence-corrected chi connectivity index (χ2v) is 6.25. The lowest BCUT2D eigenvalue weighted by Gasteiger charge is -2.20. The van der Waals surface area contributed by atoms with E-state index in [1.165, 1.54) is 0 Å². The number of aromatic nitrogens is 1. The Balaban J connectivity index is 2.56. The average molecular weight is 302 g/mol. The lowest BCUT2D eigenvalue weighted by Crippen LogP contribution is -2.24. The maximum absolute atomic E-state index is 11.9. The van der Waals surface area contributed by atoms with Crippen LogP contribution >= 0.6 is 27.7 Å². The highest BCUT2D eigenvalue weighted by molar-refractivity contribution is 9.10. The van der Waals surface area contributed by atoms with Crippen molar-refractivity contribution in [2.45, 2.75) is 32.1 Å². The Morgan fingerprint density at radius 3 is 2.75 bits per heavy atom. The minimum atomic E-state index is -0.216. The van der Waals surface area contributed by atoms with Gasteiger partial charge in [-0.3, -0.25) is 9.78 Å². The van der Waals surface area contributed by atoms with Crippen LogP contribution in [0.2, 0.25) is 0 Å². The van der Waals surface area contributed by atoms with Crippen molar-refractivity contribution in [1.82, 2.24) is 4.98 Å². The molecule has 2 nitrogen and oxygen atoms in total. The molecule has 0 saturated carbocycles. The van der Waals surface area contributed by atoms with Crippen LogP contribution in [0, 0.1) is 5.41 Å². The number of pyridine rings is 1. The smallest absolute Gasteiger partial charge is 0.148 e. The van der Waals surface area contributed by atoms with E-state index in [2.05, 4.69) is 20.9 Å². The van der Waals surface area contributed by atoms with Crippen LogP contribution in [0.25, 0.3) is 0 Å². The number of carbonyl (C=O) groups is 1. The molecular weight excluding hydrogens is 286 g/mol. The number of hydrogen-bond acceptors (Lipinski definition) is 3. The zero-order chi connectivity index (χ0) is 12.2. The fraction of sp³-hybridized carbons (Fsp3) is 0.500. The molecule has 0 aromatic carbocycles. The number of thioether (sulfide) groups is 1. The van der Waals surface area contributed by atoms with Gasteiger partial charge >= 0.3 is 0 Å². The number of carbonyl (C=O) groups excluding carboxylic acids is 1. The summed E-state index contributed by atoms with van der Waals surface area (Å²) in [5, 5.41) is 0. The second kappa shape index (κ2) is 5.82. The van der Waals surface area contributed by atoms with E-state index in [0.717, 1.165) is 15.8 Å². The molecule has 0 aliphatic heterocycles. The Labute approximate surface area is 109 Å². The summed E-state index contributed by atoms with van der Waals surface area (Å²) in [7, 11) is 0. The maximum atomic E-state index is 11.9. The largest absolute Gasteiger partial charge is 0.298 e. The monoisotopic (exact) mass is 301 g/mol. The van der Waals surface area contributed by atoms with Crippen molar-refractivity contribution in [1.29, 1.82) is 0 Å². The summed E-state index contributed by atoms with van der Waals surface area (Å²) >= 11 is 4.90. The number of hydrogen-bond donors (Lipinski definition) is 0. The summed E-state index contributed by atoms with van der Waals surface area (Å²) in [4.78, 5) is 17.0. The van der Waals surface area contributed by atoms with Gasteiger partial charge in [0.15, 0.2) is 0 Å². The highest BCUT2D eigenvalue weighted by Crippen LogP contribution is 2.26. The van der Waals surface area contributed by atoms with Crippen molar-refractivity contribution in [2.24, 2.45) is 5.41 Å². The van der Waals surface area contributed by atoms with E-state index in [1.807, 2.05) is 26.8 Å². The van der Waals surface area contributed by atoms with Crippen molar-refractivity contribution in [3.05, 3.63) is 22.9 Å². The standard InChI is InChI=1S/C12H16BrNOS/c1-4-12(2,3)11(15)8-16-10-5-9(13)6-14-7-10/h5-7H,4,8H2,1-3H3. The van der Waals surface area contributed by atoms with Crippen LogP contribution in [0.1, 0.15) is 27.2 Å². The van der Waals surface area contributed by atoms with Gasteiger partial charge in [0.1, 0.15) is 5.78 Å². The number of Topliss-reactive ketones (excluding diaryl/α,β-unsaturated/α-hetero) is 1. The number of halogens is 1. The minimum absolute atomic E-state index is 0.216. The van der Waals surface area contributed by atoms with Gasteiger partial charge in [0, 0.05) is 27.2 Å². The molecule has 0 amide bonds. The first-order valence-corrected chi connectivity index (χ1v) is 7.00. The van der Waals surface area contributed by atoms with E-state index >= 15 is 0 Å². The molecule has 0 aliphatic rings. The van der Waals surface area contributed by atoms with Gasteiger partial charge < -0.3 is 0 Å². The van der Waals surface area contributed by atoms with Crippen molar-refractivity contribution in [3.8, 4) is 0 Å². The molecule has 0 aliphatic carbocycles. The van der Waals surface area contributed by atoms with Gasteiger partial charge in [0.05, 0.1) is 5.75 Å². The summed E-state index contributed by atoms with van der Waals surface area (Å²) in [6.45, 7) is 6.04. The summed E-state index contributed by atoms with van der Waals surface area (Å²) in [6, 6.07) is 1.98. The third-order valence-electron chi connectivity index (χ3n) is 2.69. The summed E-state index contributed by atoms with van der Waals surface area (Å²) < 4.78 is 0.944. The Bertz CT molecular complexity index is 379. The molecule has 4 heteroatoms. The van der Waals surface area contributed by atoms with Gasteiger partial charge in [-0.25, -0.2) is 0 Å². The lowest BCUT2D eigenvalue weighted by molar-refractivity contribution is -0.124. The first kappa shape index (κ1) is 13.7. The Morgan fingerprint density at radius 1 is 1.50 bits per heavy atom. The van der Waals surface area contributed by atoms with Crippen LogP contribution in [0.15, 0.2) is 27.8 Å². The predicted molar refractivity (Wildman–Crippen MR) is 71.7 cm³/mol. The molecule has 0 bridgehead atoms. The third kappa shape index (κ3) is 3.91. The quantitative estimate of drug-likeness (QED) is 0.772. The SMILES string of the molecule is CCC(C)(C)C(=O)CSc1cncc(Br)c1. The zero-order valence-corrected chi connectivity index (χ0v) is 12.2. The van der Waals surface area contributed by atoms with Crippen molar-refractivity contribution in [2.75, 3.05) is 5.75 Å². The van der Waals surface area contributed by atoms with E-state index in [4.69, 9.17) is 0 Å². The fourth-order valence-electron chi connectivity index (χ4n) is 1.01. The molecule has 0 unspecified atom stereocenters. The van der Waals surface area contributed by atoms with Crippen LogP contribution in [-0.2, 0) is 4.79 Å². The molecule has 1 heterocycles. The van der Waals surface area contributed by atoms with Crippen molar-refractivity contribution in [3.63, 3.8) is 0 Å². The second-order valence-electron chi connectivity index (χ2n) is 4.29. The molecule has 0 radical (unpaired) electrons. The topological polar surface area (TPSA) is 30.0 Å². The molecule has 0 atom stereocenters. The number of nitrogens with zero attached hydrogens (tertiary/aromatic N) is 1. The third-order valence-corrected chi connectivity index (χ3v) is 4.09. The fourth-order valence-corrected chi connectivity index (χ4v) is 2.56. The molecule has 1 aromatic heterocycles. The molecule has 0 N–H and O–H groups in total. The molecule has 0 spiro atoms. The van der Waals surface area contributed by atoms with Crippen molar-refractivity contribution < 1.29 is 4.79 Å². The lowest BCUT2D eigenvalue weighted by atomic mass is 9.86. The Morgan fingerprint density at radius 2 is 2.19 bits per heavy atom. The molecule has 88 valence electrons. The minimum Gasteiger partial charge on any atom is -0.298 e. The van der Waals surface area contributed by atoms with Gasteiger partial charge in [0.25, 0.3) is 0 Å². The van der Waals surface area contributed by atoms with E-state index < -0.39 is 0 Å². The van der Waals surface area contributed by atoms with Crippen LogP contribution in [-0.4, -0.2) is 16.5 Å². The average Bonchev–Trinajstić information content (AvgIpc) is 2.26. The van der Waals surface area contributed by atoms with Crippen LogP contribution in [0.5, 0.6) is 0 Å². The molecule has 0 saturated heterocycles. The van der Waals surface area contributed by atoms with Gasteiger partial charge in [-0.2, -0.15) is 0 Å². The van der Waals surface area contributed by atoms with E-state index in [1.54, 1.807) is 24.2 Å². The summed E-state index contributed by atoms with van der Waals surface area (Å²) in [6.07, 6.45) is 4.40. The zero-order valence-electron chi connectivity index (χ0n) is 9.79. The van der Waals surface area contributed by atoms with E-state index in [-0.39, 0.29) is 5.41 Å². The first-order chi connectivity index (χ1) is 7.45. The molecule has 0 fully saturated rings. The number of ketones is 1. The van der Waals surface area contributed by atoms with Gasteiger partial charge in [-0.1, -0.05) is 20.8 Å². The Hall–Kier alpha value is -0.350. The van der Waals surface area contributed by atoms with Crippen LogP contribution < -0.4 is 0 Å². The summed E-state index contributed by atoms with van der Waals surface area (Å²) in [5.74, 6) is 0.805.